The van der Waals surface area contributed by atoms with Gasteiger partial charge in [-0.1, -0.05) is 228 Å². The maximum Gasteiger partial charge on any atom is 0.0567 e. The highest BCUT2D eigenvalue weighted by Gasteiger charge is 2.20. The molecular weight excluding hydrogens is 1320 g/mol. The standard InChI is InChI=1S/2C35H30N2.C33H30N2/c1-25-12-16-30(17-13-25)37(31-18-14-26(2)15-19-31)32-22-20-29(21-23-32)36(3)35-33-10-6-4-8-27(33)24-28-9-5-7-11-34(28)35;1-25-8-13-32(14-9-25)37(33-15-10-26(2)11-16-33)34-20-18-31(19-21-34)36(3)35-17-12-29-22-27-6-4-5-7-28(27)23-30(29)24-35;1-25-12-16-30(17-13-25)35(31-18-14-26(2)15-19-31)32-22-20-29(21-23-32)34(3)33-11-7-10-28(24-33)27-8-5-4-6-9-27/h2*4-24H,1-3H3;4-24H,1-3H3. The van der Waals surface area contributed by atoms with Crippen molar-refractivity contribution < 1.29 is 0 Å². The van der Waals surface area contributed by atoms with E-state index in [1.807, 2.05) is 0 Å². The van der Waals surface area contributed by atoms with Gasteiger partial charge in [0.15, 0.2) is 0 Å². The van der Waals surface area contributed by atoms with Gasteiger partial charge < -0.3 is 29.4 Å². The van der Waals surface area contributed by atoms with E-state index in [2.05, 4.69) is 474 Å². The minimum Gasteiger partial charge on any atom is -0.345 e. The molecule has 532 valence electrons. The van der Waals surface area contributed by atoms with Crippen molar-refractivity contribution >= 4 is 128 Å². The van der Waals surface area contributed by atoms with Gasteiger partial charge in [-0.2, -0.15) is 0 Å². The van der Waals surface area contributed by atoms with Gasteiger partial charge >= 0.3 is 0 Å². The summed E-state index contributed by atoms with van der Waals surface area (Å²) >= 11 is 0. The van der Waals surface area contributed by atoms with E-state index in [0.717, 1.165) is 73.9 Å². The van der Waals surface area contributed by atoms with E-state index >= 15 is 0 Å². The number of hydrogen-bond acceptors (Lipinski definition) is 6. The second-order valence-electron chi connectivity index (χ2n) is 28.6. The van der Waals surface area contributed by atoms with Gasteiger partial charge in [-0.15, -0.1) is 0 Å². The fourth-order valence-corrected chi connectivity index (χ4v) is 14.4. The Morgan fingerprint density at radius 3 is 0.761 bits per heavy atom. The van der Waals surface area contributed by atoms with Crippen molar-refractivity contribution in [1.29, 1.82) is 0 Å². The van der Waals surface area contributed by atoms with Crippen LogP contribution >= 0.6 is 0 Å². The number of fused-ring (bicyclic) bond motifs is 4. The monoisotopic (exact) mass is 1410 g/mol. The molecule has 0 saturated carbocycles. The lowest BCUT2D eigenvalue weighted by molar-refractivity contribution is 1.20. The van der Waals surface area contributed by atoms with Gasteiger partial charge in [-0.25, -0.2) is 0 Å². The molecule has 0 heterocycles. The topological polar surface area (TPSA) is 19.4 Å². The Morgan fingerprint density at radius 1 is 0.156 bits per heavy atom. The molecule has 0 atom stereocenters. The average molecular weight is 1410 g/mol. The van der Waals surface area contributed by atoms with Gasteiger partial charge in [0.25, 0.3) is 0 Å². The molecule has 17 rings (SSSR count). The molecule has 0 bridgehead atoms. The summed E-state index contributed by atoms with van der Waals surface area (Å²) in [4.78, 5) is 13.7. The Morgan fingerprint density at radius 2 is 0.404 bits per heavy atom. The van der Waals surface area contributed by atoms with E-state index < -0.39 is 0 Å². The van der Waals surface area contributed by atoms with Crippen LogP contribution in [0.1, 0.15) is 33.4 Å². The third-order valence-corrected chi connectivity index (χ3v) is 20.7. The summed E-state index contributed by atoms with van der Waals surface area (Å²) in [5.74, 6) is 0. The molecule has 0 fully saturated rings. The molecule has 0 aliphatic heterocycles. The molecule has 0 aliphatic carbocycles. The van der Waals surface area contributed by atoms with Crippen molar-refractivity contribution in [2.75, 3.05) is 50.5 Å². The van der Waals surface area contributed by atoms with Crippen LogP contribution in [0.2, 0.25) is 0 Å². The Hall–Kier alpha value is -13.4. The molecule has 6 nitrogen and oxygen atoms in total. The van der Waals surface area contributed by atoms with Crippen LogP contribution in [0.15, 0.2) is 382 Å². The normalized spacial score (nSPS) is 11.0. The molecule has 0 aliphatic rings. The third kappa shape index (κ3) is 16.1. The van der Waals surface area contributed by atoms with Crippen LogP contribution in [0, 0.1) is 41.5 Å². The SMILES string of the molecule is Cc1ccc(N(c2ccc(C)cc2)c2ccc(N(C)c3c4ccccc4cc4ccccc34)cc2)cc1.Cc1ccc(N(c2ccc(C)cc2)c2ccc(N(C)c3ccc4cc5ccccc5cc4c3)cc2)cc1.Cc1ccc(N(c2ccc(C)cc2)c2ccc(N(C)c3cccc(-c4ccccc4)c3)cc2)cc1. The Balaban J connectivity index is 0.000000130. The molecule has 17 aromatic rings. The van der Waals surface area contributed by atoms with Gasteiger partial charge in [0.1, 0.15) is 0 Å². The highest BCUT2D eigenvalue weighted by atomic mass is 15.2. The number of rotatable bonds is 16. The van der Waals surface area contributed by atoms with Crippen molar-refractivity contribution in [2.45, 2.75) is 41.5 Å². The first-order valence-corrected chi connectivity index (χ1v) is 37.5. The molecule has 0 amide bonds. The van der Waals surface area contributed by atoms with Crippen LogP contribution in [0.4, 0.5) is 85.3 Å². The van der Waals surface area contributed by atoms with Crippen LogP contribution in [0.5, 0.6) is 0 Å². The molecule has 0 spiro atoms. The molecule has 0 radical (unpaired) electrons. The quantitative estimate of drug-likeness (QED) is 0.0892. The van der Waals surface area contributed by atoms with E-state index in [9.17, 15) is 0 Å². The van der Waals surface area contributed by atoms with Crippen LogP contribution in [0.25, 0.3) is 54.2 Å². The summed E-state index contributed by atoms with van der Waals surface area (Å²) in [6.07, 6.45) is 0. The fourth-order valence-electron chi connectivity index (χ4n) is 14.4. The van der Waals surface area contributed by atoms with E-state index in [1.165, 1.54) is 99.0 Å². The van der Waals surface area contributed by atoms with Gasteiger partial charge in [-0.3, -0.25) is 0 Å². The number of hydrogen-bond donors (Lipinski definition) is 0. The summed E-state index contributed by atoms with van der Waals surface area (Å²) < 4.78 is 0. The highest BCUT2D eigenvalue weighted by molar-refractivity contribution is 6.12. The summed E-state index contributed by atoms with van der Waals surface area (Å²) in [5, 5.41) is 10.1. The first-order valence-electron chi connectivity index (χ1n) is 37.5. The lowest BCUT2D eigenvalue weighted by atomic mass is 10.00. The predicted molar refractivity (Wildman–Crippen MR) is 471 cm³/mol. The smallest absolute Gasteiger partial charge is 0.0567 e. The van der Waals surface area contributed by atoms with Crippen LogP contribution in [-0.2, 0) is 0 Å². The number of anilines is 15. The summed E-state index contributed by atoms with van der Waals surface area (Å²) in [7, 11) is 6.42. The minimum absolute atomic E-state index is 1.13. The molecule has 17 aromatic carbocycles. The maximum atomic E-state index is 2.32. The third-order valence-electron chi connectivity index (χ3n) is 20.7. The molecule has 109 heavy (non-hydrogen) atoms. The molecule has 0 unspecified atom stereocenters. The van der Waals surface area contributed by atoms with E-state index in [-0.39, 0.29) is 0 Å². The van der Waals surface area contributed by atoms with Crippen molar-refractivity contribution in [2.24, 2.45) is 0 Å². The van der Waals surface area contributed by atoms with E-state index in [4.69, 9.17) is 0 Å². The Kier molecular flexibility index (Phi) is 21.0. The number of nitrogens with zero attached hydrogens (tertiary/aromatic N) is 6. The predicted octanol–water partition coefficient (Wildman–Crippen LogP) is 28.9. The summed E-state index contributed by atoms with van der Waals surface area (Å²) in [6, 6.07) is 137. The number of aryl methyl sites for hydroxylation is 6. The first-order chi connectivity index (χ1) is 53.2. The zero-order valence-corrected chi connectivity index (χ0v) is 63.6. The second kappa shape index (κ2) is 32.1. The molecule has 0 aromatic heterocycles. The summed E-state index contributed by atoms with van der Waals surface area (Å²) in [5.41, 5.74) is 27.3. The van der Waals surface area contributed by atoms with E-state index in [1.54, 1.807) is 0 Å². The zero-order valence-electron chi connectivity index (χ0n) is 63.6. The van der Waals surface area contributed by atoms with Crippen molar-refractivity contribution in [3.05, 3.63) is 416 Å². The van der Waals surface area contributed by atoms with Crippen molar-refractivity contribution in [3.63, 3.8) is 0 Å². The maximum absolute atomic E-state index is 2.32. The van der Waals surface area contributed by atoms with Gasteiger partial charge in [-0.05, 0) is 273 Å². The van der Waals surface area contributed by atoms with Crippen LogP contribution in [0.3, 0.4) is 0 Å². The van der Waals surface area contributed by atoms with E-state index in [0.29, 0.717) is 0 Å². The first kappa shape index (κ1) is 71.2. The molecule has 0 saturated heterocycles. The average Bonchev–Trinajstić information content (AvgIpc) is 0.778. The highest BCUT2D eigenvalue weighted by Crippen LogP contribution is 2.43. The van der Waals surface area contributed by atoms with Crippen LogP contribution < -0.4 is 29.4 Å². The molecule has 6 heteroatoms. The largest absolute Gasteiger partial charge is 0.345 e. The fraction of sp³-hybridized carbons (Fsp3) is 0.0874. The molecular formula is C103H90N6. The van der Waals surface area contributed by atoms with Gasteiger partial charge in [0.05, 0.1) is 5.69 Å². The van der Waals surface area contributed by atoms with Crippen molar-refractivity contribution in [1.82, 2.24) is 0 Å². The van der Waals surface area contributed by atoms with Gasteiger partial charge in [0.2, 0.25) is 0 Å². The lowest BCUT2D eigenvalue weighted by Crippen LogP contribution is -2.12. The van der Waals surface area contributed by atoms with Crippen molar-refractivity contribution in [3.8, 4) is 11.1 Å². The van der Waals surface area contributed by atoms with Crippen LogP contribution in [-0.4, -0.2) is 21.1 Å². The Labute approximate surface area is 643 Å². The number of benzene rings is 17. The second-order valence-corrected chi connectivity index (χ2v) is 28.6. The summed E-state index contributed by atoms with van der Waals surface area (Å²) in [6.45, 7) is 12.7. The molecule has 0 N–H and O–H groups in total. The lowest BCUT2D eigenvalue weighted by Gasteiger charge is -2.27. The zero-order chi connectivity index (χ0) is 74.9. The Bertz CT molecular complexity index is 5730. The van der Waals surface area contributed by atoms with Gasteiger partial charge in [0, 0.05) is 112 Å². The minimum atomic E-state index is 1.13.